The summed E-state index contributed by atoms with van der Waals surface area (Å²) in [6.07, 6.45) is 2.96. The number of halogens is 3. The van der Waals surface area contributed by atoms with Crippen molar-refractivity contribution >= 4 is 22.8 Å². The third-order valence-electron chi connectivity index (χ3n) is 5.82. The van der Waals surface area contributed by atoms with Gasteiger partial charge in [-0.05, 0) is 82.8 Å². The largest absolute Gasteiger partial charge is 0.492 e. The Morgan fingerprint density at radius 2 is 1.78 bits per heavy atom. The fourth-order valence-electron chi connectivity index (χ4n) is 4.02. The van der Waals surface area contributed by atoms with Crippen LogP contribution in [0.15, 0.2) is 88.0 Å². The van der Waals surface area contributed by atoms with Crippen LogP contribution in [0.5, 0.6) is 0 Å². The number of ketones is 1. The first-order chi connectivity index (χ1) is 17.1. The van der Waals surface area contributed by atoms with Crippen molar-refractivity contribution in [1.29, 1.82) is 0 Å². The number of hydrogen-bond acceptors (Lipinski definition) is 5. The first kappa shape index (κ1) is 24.8. The van der Waals surface area contributed by atoms with Crippen molar-refractivity contribution in [1.82, 2.24) is 5.32 Å². The number of methoxy groups -OCH3 is 2. The molecule has 1 heterocycles. The summed E-state index contributed by atoms with van der Waals surface area (Å²) in [6, 6.07) is 6.80. The molecule has 2 aliphatic rings. The standard InChI is InChI=1S/C27H22F3NO5/c1-15-20(9-16-10-23(34-2)26(33)24(11-16)35-3)19-7-6-17(27(28,29)30)12-22(19)21(15)13-25(32)31-14-18-5-4-8-36-18/h4-13H,14H2,1-3H3,(H,31,32)/b21-13+. The van der Waals surface area contributed by atoms with Gasteiger partial charge in [-0.15, -0.1) is 0 Å². The zero-order valence-electron chi connectivity index (χ0n) is 19.7. The molecule has 9 heteroatoms. The van der Waals surface area contributed by atoms with Crippen LogP contribution in [0.4, 0.5) is 13.2 Å². The Hall–Kier alpha value is -4.27. The third kappa shape index (κ3) is 4.91. The molecular weight excluding hydrogens is 475 g/mol. The average Bonchev–Trinajstić information content (AvgIpc) is 3.45. The molecule has 0 bridgehead atoms. The van der Waals surface area contributed by atoms with Gasteiger partial charge in [-0.2, -0.15) is 13.2 Å². The molecule has 36 heavy (non-hydrogen) atoms. The number of nitrogens with one attached hydrogen (secondary N) is 1. The molecule has 4 rings (SSSR count). The number of ether oxygens (including phenoxy) is 2. The van der Waals surface area contributed by atoms with Crippen molar-refractivity contribution in [2.75, 3.05) is 14.2 Å². The van der Waals surface area contributed by atoms with Gasteiger partial charge in [0.05, 0.1) is 32.6 Å². The molecule has 1 N–H and O–H groups in total. The smallest absolute Gasteiger partial charge is 0.416 e. The molecule has 0 saturated carbocycles. The number of allylic oxidation sites excluding steroid dienone is 7. The van der Waals surface area contributed by atoms with Gasteiger partial charge in [0.15, 0.2) is 11.5 Å². The van der Waals surface area contributed by atoms with Crippen LogP contribution in [0.3, 0.4) is 0 Å². The molecule has 2 aromatic rings. The first-order valence-electron chi connectivity index (χ1n) is 10.8. The summed E-state index contributed by atoms with van der Waals surface area (Å²) in [5.41, 5.74) is 2.09. The summed E-state index contributed by atoms with van der Waals surface area (Å²) in [6.45, 7) is 1.86. The maximum Gasteiger partial charge on any atom is 0.416 e. The lowest BCUT2D eigenvalue weighted by Gasteiger charge is -2.14. The summed E-state index contributed by atoms with van der Waals surface area (Å²) in [5, 5.41) is 2.68. The molecule has 1 aromatic carbocycles. The number of alkyl halides is 3. The van der Waals surface area contributed by atoms with Gasteiger partial charge >= 0.3 is 6.18 Å². The van der Waals surface area contributed by atoms with E-state index in [1.165, 1.54) is 44.8 Å². The number of rotatable bonds is 6. The quantitative estimate of drug-likeness (QED) is 0.544. The number of benzene rings is 1. The Bertz CT molecular complexity index is 1350. The van der Waals surface area contributed by atoms with Crippen LogP contribution in [0, 0.1) is 0 Å². The van der Waals surface area contributed by atoms with E-state index in [0.29, 0.717) is 33.6 Å². The van der Waals surface area contributed by atoms with Crippen molar-refractivity contribution < 1.29 is 36.7 Å². The monoisotopic (exact) mass is 497 g/mol. The van der Waals surface area contributed by atoms with Gasteiger partial charge in [0.1, 0.15) is 5.76 Å². The molecule has 0 radical (unpaired) electrons. The fraction of sp³-hybridized carbons (Fsp3) is 0.185. The van der Waals surface area contributed by atoms with Crippen LogP contribution in [-0.2, 0) is 31.8 Å². The molecule has 0 saturated heterocycles. The highest BCUT2D eigenvalue weighted by molar-refractivity contribution is 6.10. The van der Waals surface area contributed by atoms with Crippen molar-refractivity contribution in [2.24, 2.45) is 0 Å². The lowest BCUT2D eigenvalue weighted by Crippen LogP contribution is -2.20. The topological polar surface area (TPSA) is 77.8 Å². The fourth-order valence-corrected chi connectivity index (χ4v) is 4.02. The zero-order chi connectivity index (χ0) is 26.0. The molecule has 186 valence electrons. The predicted octanol–water partition coefficient (Wildman–Crippen LogP) is 5.36. The zero-order valence-corrected chi connectivity index (χ0v) is 19.7. The van der Waals surface area contributed by atoms with Crippen LogP contribution in [0.2, 0.25) is 0 Å². The van der Waals surface area contributed by atoms with Crippen LogP contribution in [-0.4, -0.2) is 25.9 Å². The minimum Gasteiger partial charge on any atom is -0.492 e. The Morgan fingerprint density at radius 1 is 1.08 bits per heavy atom. The number of furan rings is 1. The Labute approximate surface area is 205 Å². The van der Waals surface area contributed by atoms with E-state index in [1.54, 1.807) is 25.1 Å². The summed E-state index contributed by atoms with van der Waals surface area (Å²) >= 11 is 0. The van der Waals surface area contributed by atoms with Gasteiger partial charge in [-0.25, -0.2) is 0 Å². The number of Topliss-reactive ketones (excluding diaryl/α,β-unsaturated/α-hetero) is 1. The molecule has 0 unspecified atom stereocenters. The maximum absolute atomic E-state index is 13.5. The van der Waals surface area contributed by atoms with Gasteiger partial charge in [0.25, 0.3) is 5.78 Å². The van der Waals surface area contributed by atoms with Crippen LogP contribution in [0.25, 0.3) is 11.1 Å². The lowest BCUT2D eigenvalue weighted by atomic mass is 9.97. The number of carbonyl (C=O) groups is 2. The van der Waals surface area contributed by atoms with E-state index in [1.807, 2.05) is 0 Å². The number of hydrogen-bond donors (Lipinski definition) is 1. The molecule has 1 amide bonds. The van der Waals surface area contributed by atoms with E-state index in [2.05, 4.69) is 5.32 Å². The minimum atomic E-state index is -4.55. The second-order valence-corrected chi connectivity index (χ2v) is 8.05. The van der Waals surface area contributed by atoms with Crippen molar-refractivity contribution in [2.45, 2.75) is 19.6 Å². The third-order valence-corrected chi connectivity index (χ3v) is 5.82. The number of fused-ring (bicyclic) bond motifs is 1. The van der Waals surface area contributed by atoms with E-state index < -0.39 is 23.4 Å². The summed E-state index contributed by atoms with van der Waals surface area (Å²) in [7, 11) is 2.71. The van der Waals surface area contributed by atoms with Gasteiger partial charge in [-0.1, -0.05) is 6.07 Å². The van der Waals surface area contributed by atoms with Crippen molar-refractivity contribution in [3.8, 4) is 0 Å². The van der Waals surface area contributed by atoms with Gasteiger partial charge < -0.3 is 19.2 Å². The van der Waals surface area contributed by atoms with Crippen molar-refractivity contribution in [3.63, 3.8) is 0 Å². The van der Waals surface area contributed by atoms with Gasteiger partial charge in [0, 0.05) is 6.08 Å². The Morgan fingerprint density at radius 3 is 2.36 bits per heavy atom. The molecule has 1 aromatic heterocycles. The molecule has 0 fully saturated rings. The van der Waals surface area contributed by atoms with E-state index in [-0.39, 0.29) is 23.6 Å². The minimum absolute atomic E-state index is 0.0672. The maximum atomic E-state index is 13.5. The van der Waals surface area contributed by atoms with Crippen LogP contribution >= 0.6 is 0 Å². The van der Waals surface area contributed by atoms with E-state index in [9.17, 15) is 22.8 Å². The molecule has 6 nitrogen and oxygen atoms in total. The number of carbonyl (C=O) groups excluding carboxylic acids is 2. The Kier molecular flexibility index (Phi) is 6.74. The highest BCUT2D eigenvalue weighted by atomic mass is 19.4. The average molecular weight is 497 g/mol. The predicted molar refractivity (Wildman–Crippen MR) is 126 cm³/mol. The van der Waals surface area contributed by atoms with Gasteiger partial charge in [0.2, 0.25) is 5.91 Å². The van der Waals surface area contributed by atoms with E-state index >= 15 is 0 Å². The molecule has 2 aliphatic carbocycles. The van der Waals surface area contributed by atoms with Crippen LogP contribution < -0.4 is 5.32 Å². The highest BCUT2D eigenvalue weighted by Crippen LogP contribution is 2.44. The summed E-state index contributed by atoms with van der Waals surface area (Å²) in [5.74, 6) is -0.225. The second kappa shape index (κ2) is 9.77. The normalized spacial score (nSPS) is 16.6. The van der Waals surface area contributed by atoms with Crippen molar-refractivity contribution in [3.05, 3.63) is 106 Å². The highest BCUT2D eigenvalue weighted by Gasteiger charge is 2.33. The lowest BCUT2D eigenvalue weighted by molar-refractivity contribution is -0.137. The Balaban J connectivity index is 1.79. The first-order valence-corrected chi connectivity index (χ1v) is 10.8. The second-order valence-electron chi connectivity index (χ2n) is 8.05. The summed E-state index contributed by atoms with van der Waals surface area (Å²) < 4.78 is 55.9. The van der Waals surface area contributed by atoms with Gasteiger partial charge in [-0.3, -0.25) is 9.59 Å². The molecular formula is C27H22F3NO5. The van der Waals surface area contributed by atoms with E-state index in [4.69, 9.17) is 13.9 Å². The van der Waals surface area contributed by atoms with E-state index in [0.717, 1.165) is 12.1 Å². The molecule has 0 atom stereocenters. The molecule has 0 aliphatic heterocycles. The number of amides is 1. The SMILES string of the molecule is COC1=CC(=CC2=C(C)/C(=C\C(=O)NCc3ccco3)c3cc(C(F)(F)F)ccc32)C=C(OC)C1=O. The van der Waals surface area contributed by atoms with Crippen LogP contribution in [0.1, 0.15) is 29.4 Å². The summed E-state index contributed by atoms with van der Waals surface area (Å²) in [4.78, 5) is 24.9. The molecule has 0 spiro atoms.